The van der Waals surface area contributed by atoms with Crippen molar-refractivity contribution in [3.63, 3.8) is 0 Å². The van der Waals surface area contributed by atoms with Crippen LogP contribution in [-0.4, -0.2) is 34.3 Å². The molecule has 120 valence electrons. The Morgan fingerprint density at radius 3 is 2.91 bits per heavy atom. The van der Waals surface area contributed by atoms with Crippen LogP contribution < -0.4 is 10.6 Å². The van der Waals surface area contributed by atoms with Crippen LogP contribution in [0.4, 0.5) is 0 Å². The minimum atomic E-state index is -0.213. The molecule has 2 atom stereocenters. The predicted octanol–water partition coefficient (Wildman–Crippen LogP) is 1.98. The van der Waals surface area contributed by atoms with E-state index in [4.69, 9.17) is 0 Å². The zero-order chi connectivity index (χ0) is 15.9. The average molecular weight is 320 g/mol. The fourth-order valence-electron chi connectivity index (χ4n) is 2.32. The third kappa shape index (κ3) is 5.27. The third-order valence-electron chi connectivity index (χ3n) is 3.40. The highest BCUT2D eigenvalue weighted by Crippen LogP contribution is 2.08. The van der Waals surface area contributed by atoms with Gasteiger partial charge in [0.25, 0.3) is 0 Å². The molecule has 2 aromatic rings. The number of nitrogens with zero attached hydrogens (tertiary/aromatic N) is 2. The van der Waals surface area contributed by atoms with E-state index in [-0.39, 0.29) is 18.0 Å². The van der Waals surface area contributed by atoms with Crippen LogP contribution in [0.3, 0.4) is 0 Å². The lowest BCUT2D eigenvalue weighted by Crippen LogP contribution is -2.47. The zero-order valence-electron chi connectivity index (χ0n) is 13.4. The van der Waals surface area contributed by atoms with E-state index in [1.807, 2.05) is 37.0 Å². The Morgan fingerprint density at radius 1 is 1.45 bits per heavy atom. The Bertz CT molecular complexity index is 579. The summed E-state index contributed by atoms with van der Waals surface area (Å²) in [5.74, 6) is 0.0417. The van der Waals surface area contributed by atoms with Gasteiger partial charge in [-0.15, -0.1) is 11.3 Å². The Balaban J connectivity index is 1.68. The second-order valence-electron chi connectivity index (χ2n) is 5.65. The van der Waals surface area contributed by atoms with Gasteiger partial charge in [-0.1, -0.05) is 6.07 Å². The van der Waals surface area contributed by atoms with E-state index >= 15 is 0 Å². The van der Waals surface area contributed by atoms with Crippen LogP contribution in [0.2, 0.25) is 0 Å². The fourth-order valence-corrected chi connectivity index (χ4v) is 3.03. The highest BCUT2D eigenvalue weighted by molar-refractivity contribution is 7.09. The van der Waals surface area contributed by atoms with Gasteiger partial charge in [0.15, 0.2) is 0 Å². The molecule has 0 aliphatic carbocycles. The average Bonchev–Trinajstić information content (AvgIpc) is 3.10. The Kier molecular flexibility index (Phi) is 6.15. The molecular formula is C16H24N4OS. The van der Waals surface area contributed by atoms with Gasteiger partial charge in [0.2, 0.25) is 5.91 Å². The quantitative estimate of drug-likeness (QED) is 0.782. The molecule has 0 aromatic carbocycles. The number of hydrogen-bond donors (Lipinski definition) is 2. The number of aromatic nitrogens is 2. The summed E-state index contributed by atoms with van der Waals surface area (Å²) in [6, 6.07) is 4.09. The minimum Gasteiger partial charge on any atom is -0.354 e. The van der Waals surface area contributed by atoms with Gasteiger partial charge in [0.1, 0.15) is 0 Å². The van der Waals surface area contributed by atoms with Gasteiger partial charge in [0, 0.05) is 23.7 Å². The van der Waals surface area contributed by atoms with Crippen LogP contribution in [-0.2, 0) is 17.8 Å². The number of amides is 1. The molecule has 0 saturated carbocycles. The molecule has 2 rings (SSSR count). The van der Waals surface area contributed by atoms with Gasteiger partial charge in [-0.3, -0.25) is 9.48 Å². The normalized spacial score (nSPS) is 13.8. The highest BCUT2D eigenvalue weighted by atomic mass is 32.1. The van der Waals surface area contributed by atoms with Crippen LogP contribution >= 0.6 is 11.3 Å². The first-order chi connectivity index (χ1) is 10.5. The molecule has 0 unspecified atom stereocenters. The summed E-state index contributed by atoms with van der Waals surface area (Å²) < 4.78 is 1.90. The molecule has 22 heavy (non-hydrogen) atoms. The van der Waals surface area contributed by atoms with Crippen LogP contribution in [0.5, 0.6) is 0 Å². The predicted molar refractivity (Wildman–Crippen MR) is 90.1 cm³/mol. The number of hydrogen-bond acceptors (Lipinski definition) is 4. The monoisotopic (exact) mass is 320 g/mol. The second-order valence-corrected chi connectivity index (χ2v) is 6.68. The molecule has 0 aliphatic heterocycles. The van der Waals surface area contributed by atoms with Gasteiger partial charge in [-0.05, 0) is 44.2 Å². The summed E-state index contributed by atoms with van der Waals surface area (Å²) in [5, 5.41) is 12.6. The van der Waals surface area contributed by atoms with E-state index in [2.05, 4.69) is 34.1 Å². The van der Waals surface area contributed by atoms with E-state index in [1.165, 1.54) is 4.88 Å². The van der Waals surface area contributed by atoms with Crippen LogP contribution in [0.25, 0.3) is 0 Å². The topological polar surface area (TPSA) is 59.0 Å². The van der Waals surface area contributed by atoms with Crippen molar-refractivity contribution in [2.24, 2.45) is 0 Å². The lowest BCUT2D eigenvalue weighted by atomic mass is 10.2. The number of nitrogens with one attached hydrogen (secondary N) is 2. The molecule has 0 spiro atoms. The molecule has 2 aromatic heterocycles. The number of aryl methyl sites for hydroxylation is 1. The van der Waals surface area contributed by atoms with Crippen molar-refractivity contribution in [3.05, 3.63) is 40.3 Å². The maximum atomic E-state index is 12.1. The molecule has 0 saturated heterocycles. The van der Waals surface area contributed by atoms with E-state index in [0.29, 0.717) is 6.54 Å². The summed E-state index contributed by atoms with van der Waals surface area (Å²) in [7, 11) is 0. The van der Waals surface area contributed by atoms with Crippen molar-refractivity contribution in [3.8, 4) is 0 Å². The summed E-state index contributed by atoms with van der Waals surface area (Å²) in [6.07, 6.45) is 4.73. The zero-order valence-corrected chi connectivity index (χ0v) is 14.2. The molecule has 0 fully saturated rings. The standard InChI is InChI=1S/C16H24N4OS/c1-12-9-18-20(10-12)11-13(2)19-14(3)16(21)17-7-6-15-5-4-8-22-15/h4-5,8-10,13-14,19H,6-7,11H2,1-3H3,(H,17,21)/t13-,14+/m1/s1. The smallest absolute Gasteiger partial charge is 0.236 e. The highest BCUT2D eigenvalue weighted by Gasteiger charge is 2.15. The summed E-state index contributed by atoms with van der Waals surface area (Å²) in [5.41, 5.74) is 1.14. The number of carbonyl (C=O) groups is 1. The minimum absolute atomic E-state index is 0.0417. The fraction of sp³-hybridized carbons (Fsp3) is 0.500. The molecular weight excluding hydrogens is 296 g/mol. The van der Waals surface area contributed by atoms with Gasteiger partial charge in [-0.2, -0.15) is 5.10 Å². The summed E-state index contributed by atoms with van der Waals surface area (Å²) in [6.45, 7) is 7.40. The van der Waals surface area contributed by atoms with Gasteiger partial charge < -0.3 is 10.6 Å². The SMILES string of the molecule is Cc1cnn(C[C@@H](C)N[C@@H](C)C(=O)NCCc2cccs2)c1. The van der Waals surface area contributed by atoms with E-state index in [9.17, 15) is 4.79 Å². The van der Waals surface area contributed by atoms with Crippen molar-refractivity contribution < 1.29 is 4.79 Å². The largest absolute Gasteiger partial charge is 0.354 e. The maximum Gasteiger partial charge on any atom is 0.236 e. The van der Waals surface area contributed by atoms with Crippen molar-refractivity contribution in [1.29, 1.82) is 0 Å². The van der Waals surface area contributed by atoms with Crippen molar-refractivity contribution in [1.82, 2.24) is 20.4 Å². The Labute approximate surface area is 135 Å². The van der Waals surface area contributed by atoms with Crippen LogP contribution in [0.1, 0.15) is 24.3 Å². The molecule has 1 amide bonds. The van der Waals surface area contributed by atoms with Crippen LogP contribution in [0.15, 0.2) is 29.9 Å². The number of thiophene rings is 1. The molecule has 0 radical (unpaired) electrons. The Morgan fingerprint density at radius 2 is 2.27 bits per heavy atom. The lowest BCUT2D eigenvalue weighted by molar-refractivity contribution is -0.122. The van der Waals surface area contributed by atoms with Gasteiger partial charge in [-0.25, -0.2) is 0 Å². The molecule has 0 aliphatic rings. The summed E-state index contributed by atoms with van der Waals surface area (Å²) >= 11 is 1.72. The first-order valence-electron chi connectivity index (χ1n) is 7.60. The van der Waals surface area contributed by atoms with E-state index in [0.717, 1.165) is 18.5 Å². The maximum absolute atomic E-state index is 12.1. The number of carbonyl (C=O) groups excluding carboxylic acids is 1. The van der Waals surface area contributed by atoms with Gasteiger partial charge >= 0.3 is 0 Å². The second kappa shape index (κ2) is 8.10. The Hall–Kier alpha value is -1.66. The van der Waals surface area contributed by atoms with Crippen molar-refractivity contribution in [2.75, 3.05) is 6.54 Å². The first-order valence-corrected chi connectivity index (χ1v) is 8.48. The number of rotatable bonds is 8. The molecule has 6 heteroatoms. The van der Waals surface area contributed by atoms with E-state index in [1.54, 1.807) is 11.3 Å². The van der Waals surface area contributed by atoms with Crippen molar-refractivity contribution >= 4 is 17.2 Å². The van der Waals surface area contributed by atoms with Gasteiger partial charge in [0.05, 0.1) is 18.8 Å². The summed E-state index contributed by atoms with van der Waals surface area (Å²) in [4.78, 5) is 13.4. The lowest BCUT2D eigenvalue weighted by Gasteiger charge is -2.19. The first kappa shape index (κ1) is 16.7. The van der Waals surface area contributed by atoms with Crippen molar-refractivity contribution in [2.45, 2.75) is 45.8 Å². The molecule has 2 N–H and O–H groups in total. The van der Waals surface area contributed by atoms with E-state index < -0.39 is 0 Å². The molecule has 0 bridgehead atoms. The molecule has 5 nitrogen and oxygen atoms in total. The third-order valence-corrected chi connectivity index (χ3v) is 4.34. The van der Waals surface area contributed by atoms with Crippen LogP contribution in [0, 0.1) is 6.92 Å². The molecule has 2 heterocycles.